The Kier molecular flexibility index (Phi) is 4.74. The van der Waals surface area contributed by atoms with Gasteiger partial charge in [0.2, 0.25) is 0 Å². The number of aromatic nitrogens is 1. The number of aryl methyl sites for hydroxylation is 1. The van der Waals surface area contributed by atoms with Gasteiger partial charge in [-0.3, -0.25) is 4.79 Å². The molecule has 0 atom stereocenters. The molecule has 0 radical (unpaired) electrons. The molecule has 0 aliphatic heterocycles. The third-order valence-corrected chi connectivity index (χ3v) is 4.07. The van der Waals surface area contributed by atoms with Crippen molar-refractivity contribution in [2.45, 2.75) is 6.92 Å². The molecular formula is C17H10Cl2F2N2O2. The second kappa shape index (κ2) is 6.82. The Hall–Kier alpha value is -2.44. The van der Waals surface area contributed by atoms with E-state index >= 15 is 0 Å². The number of hydrogen-bond donors (Lipinski definition) is 1. The maximum absolute atomic E-state index is 14.2. The Bertz CT molecular complexity index is 953. The zero-order valence-electron chi connectivity index (χ0n) is 12.7. The summed E-state index contributed by atoms with van der Waals surface area (Å²) in [5, 5.41) is 6.25. The molecule has 0 saturated carbocycles. The van der Waals surface area contributed by atoms with Gasteiger partial charge in [-0.15, -0.1) is 0 Å². The molecule has 1 heterocycles. The molecule has 4 nitrogen and oxygen atoms in total. The van der Waals surface area contributed by atoms with E-state index in [1.165, 1.54) is 37.3 Å². The van der Waals surface area contributed by atoms with Crippen LogP contribution in [-0.2, 0) is 0 Å². The number of benzene rings is 2. The average Bonchev–Trinajstić information content (AvgIpc) is 2.92. The second-order valence-electron chi connectivity index (χ2n) is 5.14. The van der Waals surface area contributed by atoms with Crippen LogP contribution in [0, 0.1) is 18.6 Å². The Labute approximate surface area is 151 Å². The first-order valence-corrected chi connectivity index (χ1v) is 7.81. The van der Waals surface area contributed by atoms with Crippen LogP contribution in [0.1, 0.15) is 16.1 Å². The number of anilines is 1. The number of carbonyl (C=O) groups excluding carboxylic acids is 1. The molecule has 3 aromatic rings. The van der Waals surface area contributed by atoms with E-state index < -0.39 is 17.5 Å². The monoisotopic (exact) mass is 382 g/mol. The molecule has 2 aromatic carbocycles. The Balaban J connectivity index is 2.02. The van der Waals surface area contributed by atoms with E-state index in [2.05, 4.69) is 10.5 Å². The van der Waals surface area contributed by atoms with Crippen LogP contribution in [-0.4, -0.2) is 11.1 Å². The van der Waals surface area contributed by atoms with Gasteiger partial charge in [-0.2, -0.15) is 0 Å². The first-order chi connectivity index (χ1) is 11.9. The van der Waals surface area contributed by atoms with Crippen molar-refractivity contribution in [3.8, 4) is 11.3 Å². The Morgan fingerprint density at radius 2 is 1.88 bits per heavy atom. The molecule has 128 valence electrons. The molecule has 3 rings (SSSR count). The predicted molar refractivity (Wildman–Crippen MR) is 91.0 cm³/mol. The summed E-state index contributed by atoms with van der Waals surface area (Å²) in [6, 6.07) is 7.84. The van der Waals surface area contributed by atoms with Gasteiger partial charge in [-0.25, -0.2) is 8.78 Å². The van der Waals surface area contributed by atoms with Gasteiger partial charge in [0.25, 0.3) is 5.91 Å². The second-order valence-corrected chi connectivity index (χ2v) is 5.96. The van der Waals surface area contributed by atoms with Crippen LogP contribution in [0.3, 0.4) is 0 Å². The van der Waals surface area contributed by atoms with Crippen LogP contribution in [0.4, 0.5) is 14.5 Å². The van der Waals surface area contributed by atoms with Crippen molar-refractivity contribution in [1.82, 2.24) is 5.16 Å². The number of amides is 1. The molecule has 0 fully saturated rings. The summed E-state index contributed by atoms with van der Waals surface area (Å²) in [4.78, 5) is 12.6. The number of nitrogens with zero attached hydrogens (tertiary/aromatic N) is 1. The van der Waals surface area contributed by atoms with Crippen LogP contribution in [0.5, 0.6) is 0 Å². The lowest BCUT2D eigenvalue weighted by atomic mass is 10.0. The molecule has 8 heteroatoms. The van der Waals surface area contributed by atoms with Crippen molar-refractivity contribution < 1.29 is 18.1 Å². The van der Waals surface area contributed by atoms with Crippen molar-refractivity contribution in [3.63, 3.8) is 0 Å². The lowest BCUT2D eigenvalue weighted by molar-refractivity contribution is 0.102. The quantitative estimate of drug-likeness (QED) is 0.651. The van der Waals surface area contributed by atoms with Crippen molar-refractivity contribution in [1.29, 1.82) is 0 Å². The van der Waals surface area contributed by atoms with Crippen molar-refractivity contribution >= 4 is 34.8 Å². The normalized spacial score (nSPS) is 10.8. The van der Waals surface area contributed by atoms with Crippen LogP contribution in [0.15, 0.2) is 40.9 Å². The SMILES string of the molecule is Cc1onc(-c2c(F)cccc2Cl)c1C(=O)Nc1ccc(F)c(Cl)c1. The minimum Gasteiger partial charge on any atom is -0.360 e. The maximum atomic E-state index is 14.2. The number of carbonyl (C=O) groups is 1. The van der Waals surface area contributed by atoms with Crippen molar-refractivity contribution in [3.05, 3.63) is 69.4 Å². The summed E-state index contributed by atoms with van der Waals surface area (Å²) in [6.07, 6.45) is 0. The number of nitrogens with one attached hydrogen (secondary N) is 1. The van der Waals surface area contributed by atoms with E-state index in [0.29, 0.717) is 0 Å². The molecule has 0 aliphatic carbocycles. The van der Waals surface area contributed by atoms with Gasteiger partial charge in [0, 0.05) is 5.69 Å². The van der Waals surface area contributed by atoms with E-state index in [1.54, 1.807) is 0 Å². The standard InChI is InChI=1S/C17H10Cl2F2N2O2/c1-8-14(17(24)22-9-5-6-12(20)11(19)7-9)16(23-25-8)15-10(18)3-2-4-13(15)21/h2-7H,1H3,(H,22,24). The fourth-order valence-electron chi connectivity index (χ4n) is 2.30. The van der Waals surface area contributed by atoms with E-state index in [-0.39, 0.29) is 38.3 Å². The summed E-state index contributed by atoms with van der Waals surface area (Å²) in [5.74, 6) is -1.69. The van der Waals surface area contributed by atoms with Crippen LogP contribution >= 0.6 is 23.2 Å². The summed E-state index contributed by atoms with van der Waals surface area (Å²) in [7, 11) is 0. The summed E-state index contributed by atoms with van der Waals surface area (Å²) in [5.41, 5.74) is 0.227. The summed E-state index contributed by atoms with van der Waals surface area (Å²) < 4.78 is 32.4. The predicted octanol–water partition coefficient (Wildman–Crippen LogP) is 5.49. The van der Waals surface area contributed by atoms with Crippen LogP contribution < -0.4 is 5.32 Å². The fraction of sp³-hybridized carbons (Fsp3) is 0.0588. The van der Waals surface area contributed by atoms with E-state index in [0.717, 1.165) is 6.07 Å². The number of hydrogen-bond acceptors (Lipinski definition) is 3. The fourth-order valence-corrected chi connectivity index (χ4v) is 2.73. The highest BCUT2D eigenvalue weighted by atomic mass is 35.5. The Morgan fingerprint density at radius 3 is 2.56 bits per heavy atom. The minimum absolute atomic E-state index is 0.0208. The third-order valence-electron chi connectivity index (χ3n) is 3.47. The molecule has 1 N–H and O–H groups in total. The molecule has 0 bridgehead atoms. The molecule has 25 heavy (non-hydrogen) atoms. The summed E-state index contributed by atoms with van der Waals surface area (Å²) >= 11 is 11.7. The third kappa shape index (κ3) is 3.36. The Morgan fingerprint density at radius 1 is 1.12 bits per heavy atom. The highest BCUT2D eigenvalue weighted by Crippen LogP contribution is 2.33. The lowest BCUT2D eigenvalue weighted by Gasteiger charge is -2.08. The molecule has 0 aliphatic rings. The van der Waals surface area contributed by atoms with Gasteiger partial charge in [0.1, 0.15) is 28.7 Å². The first kappa shape index (κ1) is 17.4. The zero-order valence-corrected chi connectivity index (χ0v) is 14.3. The highest BCUT2D eigenvalue weighted by molar-refractivity contribution is 6.33. The van der Waals surface area contributed by atoms with Crippen LogP contribution in [0.25, 0.3) is 11.3 Å². The molecule has 0 saturated heterocycles. The van der Waals surface area contributed by atoms with Gasteiger partial charge in [0.05, 0.1) is 15.6 Å². The largest absolute Gasteiger partial charge is 0.360 e. The smallest absolute Gasteiger partial charge is 0.261 e. The van der Waals surface area contributed by atoms with Gasteiger partial charge in [-0.05, 0) is 37.3 Å². The van der Waals surface area contributed by atoms with E-state index in [4.69, 9.17) is 27.7 Å². The zero-order chi connectivity index (χ0) is 18.1. The van der Waals surface area contributed by atoms with Crippen LogP contribution in [0.2, 0.25) is 10.0 Å². The lowest BCUT2D eigenvalue weighted by Crippen LogP contribution is -2.14. The number of halogens is 4. The minimum atomic E-state index is -0.639. The topological polar surface area (TPSA) is 55.1 Å². The van der Waals surface area contributed by atoms with Gasteiger partial charge >= 0.3 is 0 Å². The van der Waals surface area contributed by atoms with E-state index in [9.17, 15) is 13.6 Å². The highest BCUT2D eigenvalue weighted by Gasteiger charge is 2.25. The van der Waals surface area contributed by atoms with Crippen molar-refractivity contribution in [2.24, 2.45) is 0 Å². The molecule has 0 unspecified atom stereocenters. The average molecular weight is 383 g/mol. The van der Waals surface area contributed by atoms with E-state index in [1.807, 2.05) is 0 Å². The molecule has 1 amide bonds. The molecule has 1 aromatic heterocycles. The first-order valence-electron chi connectivity index (χ1n) is 7.05. The molecular weight excluding hydrogens is 373 g/mol. The number of rotatable bonds is 3. The maximum Gasteiger partial charge on any atom is 0.261 e. The van der Waals surface area contributed by atoms with Crippen molar-refractivity contribution in [2.75, 3.05) is 5.32 Å². The molecule has 0 spiro atoms. The van der Waals surface area contributed by atoms with Gasteiger partial charge < -0.3 is 9.84 Å². The van der Waals surface area contributed by atoms with Gasteiger partial charge in [0.15, 0.2) is 0 Å². The summed E-state index contributed by atoms with van der Waals surface area (Å²) in [6.45, 7) is 1.51. The van der Waals surface area contributed by atoms with Gasteiger partial charge in [-0.1, -0.05) is 34.4 Å².